The van der Waals surface area contributed by atoms with Crippen LogP contribution in [0.25, 0.3) is 0 Å². The lowest BCUT2D eigenvalue weighted by Gasteiger charge is -2.33. The van der Waals surface area contributed by atoms with Crippen molar-refractivity contribution in [2.24, 2.45) is 11.8 Å². The third-order valence-corrected chi connectivity index (χ3v) is 4.43. The van der Waals surface area contributed by atoms with Crippen LogP contribution in [0.3, 0.4) is 0 Å². The lowest BCUT2D eigenvalue weighted by Crippen LogP contribution is -2.41. The van der Waals surface area contributed by atoms with Crippen LogP contribution in [0.4, 0.5) is 0 Å². The van der Waals surface area contributed by atoms with Crippen molar-refractivity contribution in [3.8, 4) is 0 Å². The predicted octanol–water partition coefficient (Wildman–Crippen LogP) is 3.54. The SMILES string of the molecule is CSCC(C)NC1CCCC(C(C)C)C1. The average Bonchev–Trinajstić information content (AvgIpc) is 2.18. The zero-order valence-electron chi connectivity index (χ0n) is 10.8. The highest BCUT2D eigenvalue weighted by Crippen LogP contribution is 2.30. The van der Waals surface area contributed by atoms with Crippen molar-refractivity contribution in [2.45, 2.75) is 58.5 Å². The van der Waals surface area contributed by atoms with Crippen molar-refractivity contribution in [1.82, 2.24) is 5.32 Å². The fourth-order valence-corrected chi connectivity index (χ4v) is 3.28. The first kappa shape index (κ1) is 13.4. The molecule has 0 aromatic heterocycles. The summed E-state index contributed by atoms with van der Waals surface area (Å²) in [5.41, 5.74) is 0. The Morgan fingerprint density at radius 3 is 2.60 bits per heavy atom. The first-order valence-corrected chi connectivity index (χ1v) is 7.77. The third kappa shape index (κ3) is 4.78. The minimum absolute atomic E-state index is 0.677. The summed E-state index contributed by atoms with van der Waals surface area (Å²) in [7, 11) is 0. The van der Waals surface area contributed by atoms with Crippen molar-refractivity contribution in [3.63, 3.8) is 0 Å². The maximum atomic E-state index is 3.78. The van der Waals surface area contributed by atoms with E-state index in [4.69, 9.17) is 0 Å². The second kappa shape index (κ2) is 6.80. The van der Waals surface area contributed by atoms with Gasteiger partial charge in [-0.05, 0) is 37.9 Å². The van der Waals surface area contributed by atoms with Crippen LogP contribution in [0, 0.1) is 11.8 Å². The fraction of sp³-hybridized carbons (Fsp3) is 1.00. The van der Waals surface area contributed by atoms with Crippen molar-refractivity contribution < 1.29 is 0 Å². The van der Waals surface area contributed by atoms with Gasteiger partial charge in [-0.2, -0.15) is 11.8 Å². The Balaban J connectivity index is 2.29. The molecule has 3 atom stereocenters. The van der Waals surface area contributed by atoms with Crippen LogP contribution in [0.5, 0.6) is 0 Å². The maximum Gasteiger partial charge on any atom is 0.0132 e. The van der Waals surface area contributed by atoms with Crippen LogP contribution >= 0.6 is 11.8 Å². The van der Waals surface area contributed by atoms with Gasteiger partial charge in [-0.25, -0.2) is 0 Å². The molecule has 15 heavy (non-hydrogen) atoms. The minimum Gasteiger partial charge on any atom is -0.311 e. The molecule has 0 aliphatic heterocycles. The summed E-state index contributed by atoms with van der Waals surface area (Å²) in [4.78, 5) is 0. The van der Waals surface area contributed by atoms with Gasteiger partial charge in [0.25, 0.3) is 0 Å². The van der Waals surface area contributed by atoms with Crippen molar-refractivity contribution in [1.29, 1.82) is 0 Å². The van der Waals surface area contributed by atoms with Gasteiger partial charge in [0.1, 0.15) is 0 Å². The average molecular weight is 229 g/mol. The molecule has 0 radical (unpaired) electrons. The smallest absolute Gasteiger partial charge is 0.0132 e. The molecule has 1 aliphatic carbocycles. The predicted molar refractivity (Wildman–Crippen MR) is 71.6 cm³/mol. The molecule has 1 aliphatic rings. The molecule has 1 N–H and O–H groups in total. The van der Waals surface area contributed by atoms with Gasteiger partial charge in [-0.15, -0.1) is 0 Å². The highest BCUT2D eigenvalue weighted by molar-refractivity contribution is 7.98. The van der Waals surface area contributed by atoms with Crippen molar-refractivity contribution in [3.05, 3.63) is 0 Å². The highest BCUT2D eigenvalue weighted by Gasteiger charge is 2.24. The molecule has 1 rings (SSSR count). The lowest BCUT2D eigenvalue weighted by molar-refractivity contribution is 0.225. The molecule has 0 bridgehead atoms. The molecule has 3 unspecified atom stereocenters. The van der Waals surface area contributed by atoms with E-state index in [-0.39, 0.29) is 0 Å². The van der Waals surface area contributed by atoms with E-state index in [0.717, 1.165) is 17.9 Å². The Labute approximate surface area is 99.8 Å². The Morgan fingerprint density at radius 1 is 1.27 bits per heavy atom. The molecule has 0 aromatic rings. The van der Waals surface area contributed by atoms with Crippen LogP contribution < -0.4 is 5.32 Å². The molecule has 0 heterocycles. The molecule has 0 saturated heterocycles. The van der Waals surface area contributed by atoms with E-state index in [1.165, 1.54) is 31.4 Å². The summed E-state index contributed by atoms with van der Waals surface area (Å²) in [6, 6.07) is 1.46. The van der Waals surface area contributed by atoms with Gasteiger partial charge in [-0.1, -0.05) is 26.7 Å². The van der Waals surface area contributed by atoms with Crippen LogP contribution in [-0.4, -0.2) is 24.1 Å². The molecule has 1 fully saturated rings. The molecule has 0 amide bonds. The van der Waals surface area contributed by atoms with Crippen LogP contribution in [0.1, 0.15) is 46.5 Å². The molecule has 0 spiro atoms. The van der Waals surface area contributed by atoms with Gasteiger partial charge in [0.2, 0.25) is 0 Å². The Hall–Kier alpha value is 0.310. The highest BCUT2D eigenvalue weighted by atomic mass is 32.2. The summed E-state index contributed by atoms with van der Waals surface area (Å²) < 4.78 is 0. The van der Waals surface area contributed by atoms with Crippen molar-refractivity contribution in [2.75, 3.05) is 12.0 Å². The van der Waals surface area contributed by atoms with Crippen molar-refractivity contribution >= 4 is 11.8 Å². The van der Waals surface area contributed by atoms with E-state index in [2.05, 4.69) is 32.3 Å². The molecular formula is C13H27NS. The zero-order valence-corrected chi connectivity index (χ0v) is 11.6. The summed E-state index contributed by atoms with van der Waals surface area (Å²) >= 11 is 1.94. The topological polar surface area (TPSA) is 12.0 Å². The second-order valence-electron chi connectivity index (χ2n) is 5.39. The van der Waals surface area contributed by atoms with Gasteiger partial charge in [-0.3, -0.25) is 0 Å². The van der Waals surface area contributed by atoms with Gasteiger partial charge < -0.3 is 5.32 Å². The van der Waals surface area contributed by atoms with E-state index < -0.39 is 0 Å². The van der Waals surface area contributed by atoms with Crippen LogP contribution in [0.2, 0.25) is 0 Å². The Kier molecular flexibility index (Phi) is 6.06. The van der Waals surface area contributed by atoms with Gasteiger partial charge in [0, 0.05) is 17.8 Å². The third-order valence-electron chi connectivity index (χ3n) is 3.59. The summed E-state index contributed by atoms with van der Waals surface area (Å²) in [6.07, 6.45) is 7.85. The molecular weight excluding hydrogens is 202 g/mol. The molecule has 90 valence electrons. The standard InChI is InChI=1S/C13H27NS/c1-10(2)12-6-5-7-13(8-12)14-11(3)9-15-4/h10-14H,5-9H2,1-4H3. The zero-order chi connectivity index (χ0) is 11.3. The minimum atomic E-state index is 0.677. The normalized spacial score (nSPS) is 29.4. The second-order valence-corrected chi connectivity index (χ2v) is 6.30. The van der Waals surface area contributed by atoms with Crippen LogP contribution in [0.15, 0.2) is 0 Å². The number of hydrogen-bond donors (Lipinski definition) is 1. The Bertz CT molecular complexity index is 170. The lowest BCUT2D eigenvalue weighted by atomic mass is 9.79. The van der Waals surface area contributed by atoms with Gasteiger partial charge in [0.15, 0.2) is 0 Å². The molecule has 2 heteroatoms. The monoisotopic (exact) mass is 229 g/mol. The van der Waals surface area contributed by atoms with E-state index >= 15 is 0 Å². The largest absolute Gasteiger partial charge is 0.311 e. The molecule has 1 saturated carbocycles. The first-order chi connectivity index (χ1) is 7.13. The van der Waals surface area contributed by atoms with E-state index in [0.29, 0.717) is 6.04 Å². The van der Waals surface area contributed by atoms with E-state index in [1.807, 2.05) is 11.8 Å². The number of hydrogen-bond acceptors (Lipinski definition) is 2. The van der Waals surface area contributed by atoms with Gasteiger partial charge >= 0.3 is 0 Å². The first-order valence-electron chi connectivity index (χ1n) is 6.38. The maximum absolute atomic E-state index is 3.78. The fourth-order valence-electron chi connectivity index (χ4n) is 2.68. The number of rotatable bonds is 5. The van der Waals surface area contributed by atoms with Gasteiger partial charge in [0.05, 0.1) is 0 Å². The summed E-state index contributed by atoms with van der Waals surface area (Å²) in [5, 5.41) is 3.78. The van der Waals surface area contributed by atoms with E-state index in [1.54, 1.807) is 0 Å². The number of thioether (sulfide) groups is 1. The quantitative estimate of drug-likeness (QED) is 0.774. The number of nitrogens with one attached hydrogen (secondary N) is 1. The molecule has 0 aromatic carbocycles. The summed E-state index contributed by atoms with van der Waals surface area (Å²) in [5.74, 6) is 3.06. The molecule has 1 nitrogen and oxygen atoms in total. The van der Waals surface area contributed by atoms with E-state index in [9.17, 15) is 0 Å². The summed E-state index contributed by atoms with van der Waals surface area (Å²) in [6.45, 7) is 7.06. The van der Waals surface area contributed by atoms with Crippen LogP contribution in [-0.2, 0) is 0 Å². The Morgan fingerprint density at radius 2 is 2.00 bits per heavy atom.